The van der Waals surface area contributed by atoms with Gasteiger partial charge in [0, 0.05) is 29.8 Å². The molecule has 1 aliphatic rings. The van der Waals surface area contributed by atoms with Crippen LogP contribution < -0.4 is 11.3 Å². The Hall–Kier alpha value is -1.24. The highest BCUT2D eigenvalue weighted by atomic mass is 79.9. The smallest absolute Gasteiger partial charge is 0.258 e. The Morgan fingerprint density at radius 3 is 3.05 bits per heavy atom. The average Bonchev–Trinajstić information content (AvgIpc) is 2.87. The summed E-state index contributed by atoms with van der Waals surface area (Å²) in [6.45, 7) is 3.48. The molecule has 5 nitrogen and oxygen atoms in total. The topological polar surface area (TPSA) is 63.6 Å². The van der Waals surface area contributed by atoms with Crippen molar-refractivity contribution in [1.29, 1.82) is 0 Å². The fraction of sp³-hybridized carbons (Fsp3) is 0.429. The van der Waals surface area contributed by atoms with Gasteiger partial charge in [0.25, 0.3) is 5.56 Å². The number of halogens is 1. The predicted molar refractivity (Wildman–Crippen MR) is 81.6 cm³/mol. The minimum absolute atomic E-state index is 0.0409. The fourth-order valence-electron chi connectivity index (χ4n) is 2.69. The number of hydrogen-bond donors (Lipinski definition) is 1. The maximum absolute atomic E-state index is 12.1. The second-order valence-corrected chi connectivity index (χ2v) is 6.20. The molecule has 1 aliphatic heterocycles. The zero-order valence-corrected chi connectivity index (χ0v) is 12.7. The van der Waals surface area contributed by atoms with Crippen molar-refractivity contribution in [3.05, 3.63) is 44.9 Å². The van der Waals surface area contributed by atoms with E-state index in [9.17, 15) is 4.79 Å². The number of pyridine rings is 1. The normalized spacial score (nSPS) is 19.8. The van der Waals surface area contributed by atoms with Crippen LogP contribution in [0.3, 0.4) is 0 Å². The maximum atomic E-state index is 12.1. The van der Waals surface area contributed by atoms with Crippen LogP contribution >= 0.6 is 15.9 Å². The number of aromatic nitrogens is 2. The second kappa shape index (κ2) is 5.63. The van der Waals surface area contributed by atoms with E-state index in [-0.39, 0.29) is 5.56 Å². The number of likely N-dealkylation sites (tertiary alicyclic amines) is 1. The minimum Gasteiger partial charge on any atom is -0.330 e. The molecule has 0 radical (unpaired) electrons. The first-order valence-corrected chi connectivity index (χ1v) is 7.55. The van der Waals surface area contributed by atoms with Gasteiger partial charge in [0.2, 0.25) is 0 Å². The first-order chi connectivity index (χ1) is 9.65. The predicted octanol–water partition coefficient (Wildman–Crippen LogP) is 1.24. The largest absolute Gasteiger partial charge is 0.330 e. The summed E-state index contributed by atoms with van der Waals surface area (Å²) >= 11 is 3.36. The van der Waals surface area contributed by atoms with E-state index in [1.165, 1.54) is 0 Å². The van der Waals surface area contributed by atoms with Gasteiger partial charge in [-0.25, -0.2) is 4.98 Å². The van der Waals surface area contributed by atoms with E-state index in [2.05, 4.69) is 25.8 Å². The molecule has 0 saturated carbocycles. The van der Waals surface area contributed by atoms with Crippen molar-refractivity contribution >= 4 is 21.6 Å². The lowest BCUT2D eigenvalue weighted by Crippen LogP contribution is -2.25. The Balaban J connectivity index is 1.86. The van der Waals surface area contributed by atoms with E-state index in [0.29, 0.717) is 11.6 Å². The number of nitrogens with two attached hydrogens (primary N) is 1. The summed E-state index contributed by atoms with van der Waals surface area (Å²) in [6.07, 6.45) is 2.88. The van der Waals surface area contributed by atoms with Gasteiger partial charge in [-0.15, -0.1) is 0 Å². The van der Waals surface area contributed by atoms with E-state index in [1.807, 2.05) is 12.1 Å². The molecule has 1 fully saturated rings. The van der Waals surface area contributed by atoms with Gasteiger partial charge in [-0.05, 0) is 53.5 Å². The second-order valence-electron chi connectivity index (χ2n) is 5.29. The van der Waals surface area contributed by atoms with E-state index >= 15 is 0 Å². The van der Waals surface area contributed by atoms with Crippen molar-refractivity contribution in [1.82, 2.24) is 14.3 Å². The molecule has 0 spiro atoms. The standard InChI is InChI=1S/C14H17BrN4O/c15-11-1-2-13-17-12(5-14(20)19(13)8-11)9-18-4-3-10(6-16)7-18/h1-2,5,8,10H,3-4,6-7,9,16H2. The molecule has 1 unspecified atom stereocenters. The fourth-order valence-corrected chi connectivity index (χ4v) is 3.02. The van der Waals surface area contributed by atoms with Gasteiger partial charge in [0.15, 0.2) is 0 Å². The summed E-state index contributed by atoms with van der Waals surface area (Å²) in [7, 11) is 0. The number of fused-ring (bicyclic) bond motifs is 1. The number of hydrogen-bond acceptors (Lipinski definition) is 4. The Kier molecular flexibility index (Phi) is 3.87. The van der Waals surface area contributed by atoms with Crippen LogP contribution in [0.1, 0.15) is 12.1 Å². The Bertz CT molecular complexity index is 684. The lowest BCUT2D eigenvalue weighted by atomic mass is 10.1. The molecule has 1 atom stereocenters. The van der Waals surface area contributed by atoms with Crippen LogP contribution in [0.4, 0.5) is 0 Å². The molecule has 0 aliphatic carbocycles. The molecule has 2 N–H and O–H groups in total. The summed E-state index contributed by atoms with van der Waals surface area (Å²) in [5, 5.41) is 0. The summed E-state index contributed by atoms with van der Waals surface area (Å²) in [6, 6.07) is 5.36. The first kappa shape index (κ1) is 13.7. The molecule has 3 rings (SSSR count). The number of nitrogens with zero attached hydrogens (tertiary/aromatic N) is 3. The minimum atomic E-state index is -0.0409. The van der Waals surface area contributed by atoms with Crippen molar-refractivity contribution in [3.63, 3.8) is 0 Å². The molecule has 3 heterocycles. The SMILES string of the molecule is NCC1CCN(Cc2cc(=O)n3cc(Br)ccc3n2)C1. The average molecular weight is 337 g/mol. The van der Waals surface area contributed by atoms with Crippen molar-refractivity contribution in [2.24, 2.45) is 11.7 Å². The van der Waals surface area contributed by atoms with Gasteiger partial charge in [-0.2, -0.15) is 0 Å². The lowest BCUT2D eigenvalue weighted by molar-refractivity contribution is 0.314. The van der Waals surface area contributed by atoms with Gasteiger partial charge < -0.3 is 5.73 Å². The summed E-state index contributed by atoms with van der Waals surface area (Å²) in [5.41, 5.74) is 7.18. The zero-order valence-electron chi connectivity index (χ0n) is 11.1. The van der Waals surface area contributed by atoms with Crippen molar-refractivity contribution in [2.75, 3.05) is 19.6 Å². The van der Waals surface area contributed by atoms with Crippen LogP contribution in [-0.4, -0.2) is 33.9 Å². The summed E-state index contributed by atoms with van der Waals surface area (Å²) in [4.78, 5) is 19.0. The van der Waals surface area contributed by atoms with Crippen LogP contribution in [0.2, 0.25) is 0 Å². The van der Waals surface area contributed by atoms with Crippen LogP contribution in [0.25, 0.3) is 5.65 Å². The lowest BCUT2D eigenvalue weighted by Gasteiger charge is -2.15. The van der Waals surface area contributed by atoms with E-state index in [1.54, 1.807) is 16.7 Å². The quantitative estimate of drug-likeness (QED) is 0.915. The third-order valence-electron chi connectivity index (χ3n) is 3.77. The van der Waals surface area contributed by atoms with Crippen LogP contribution in [0.15, 0.2) is 33.7 Å². The van der Waals surface area contributed by atoms with Crippen molar-refractivity contribution < 1.29 is 0 Å². The highest BCUT2D eigenvalue weighted by molar-refractivity contribution is 9.10. The van der Waals surface area contributed by atoms with E-state index in [0.717, 1.165) is 42.8 Å². The molecular weight excluding hydrogens is 320 g/mol. The molecule has 106 valence electrons. The van der Waals surface area contributed by atoms with Gasteiger partial charge in [0.05, 0.1) is 5.69 Å². The van der Waals surface area contributed by atoms with Gasteiger partial charge in [-0.1, -0.05) is 0 Å². The maximum Gasteiger partial charge on any atom is 0.258 e. The third-order valence-corrected chi connectivity index (χ3v) is 4.23. The molecule has 0 aromatic carbocycles. The molecular formula is C14H17BrN4O. The molecule has 6 heteroatoms. The van der Waals surface area contributed by atoms with Crippen LogP contribution in [0.5, 0.6) is 0 Å². The molecule has 2 aromatic rings. The molecule has 1 saturated heterocycles. The molecule has 20 heavy (non-hydrogen) atoms. The highest BCUT2D eigenvalue weighted by Crippen LogP contribution is 2.17. The van der Waals surface area contributed by atoms with Gasteiger partial charge in [0.1, 0.15) is 5.65 Å². The van der Waals surface area contributed by atoms with E-state index < -0.39 is 0 Å². The van der Waals surface area contributed by atoms with Gasteiger partial charge >= 0.3 is 0 Å². The van der Waals surface area contributed by atoms with Crippen LogP contribution in [-0.2, 0) is 6.54 Å². The first-order valence-electron chi connectivity index (χ1n) is 6.76. The summed E-state index contributed by atoms with van der Waals surface area (Å²) < 4.78 is 2.42. The van der Waals surface area contributed by atoms with Crippen molar-refractivity contribution in [2.45, 2.75) is 13.0 Å². The van der Waals surface area contributed by atoms with Crippen LogP contribution in [0, 0.1) is 5.92 Å². The summed E-state index contributed by atoms with van der Waals surface area (Å²) in [5.74, 6) is 0.576. The highest BCUT2D eigenvalue weighted by Gasteiger charge is 2.21. The monoisotopic (exact) mass is 336 g/mol. The number of rotatable bonds is 3. The molecule has 2 aromatic heterocycles. The Labute approximate surface area is 125 Å². The molecule has 0 amide bonds. The third kappa shape index (κ3) is 2.77. The molecule has 0 bridgehead atoms. The Morgan fingerprint density at radius 2 is 2.30 bits per heavy atom. The zero-order chi connectivity index (χ0) is 14.1. The Morgan fingerprint density at radius 1 is 1.45 bits per heavy atom. The van der Waals surface area contributed by atoms with Gasteiger partial charge in [-0.3, -0.25) is 14.1 Å². The van der Waals surface area contributed by atoms with Crippen molar-refractivity contribution in [3.8, 4) is 0 Å². The van der Waals surface area contributed by atoms with E-state index in [4.69, 9.17) is 5.73 Å².